The minimum Gasteiger partial charge on any atom is -0.494 e. The summed E-state index contributed by atoms with van der Waals surface area (Å²) in [5, 5.41) is 20.1. The number of nitrogens with zero attached hydrogens (tertiary/aromatic N) is 2. The molecule has 0 saturated heterocycles. The summed E-state index contributed by atoms with van der Waals surface area (Å²) in [6.07, 6.45) is -0.564. The van der Waals surface area contributed by atoms with E-state index in [1.54, 1.807) is 24.3 Å². The number of methoxy groups -OCH3 is 2. The monoisotopic (exact) mass is 400 g/mol. The van der Waals surface area contributed by atoms with Gasteiger partial charge in [0.2, 0.25) is 11.7 Å². The van der Waals surface area contributed by atoms with Crippen molar-refractivity contribution in [1.29, 1.82) is 5.26 Å². The maximum absolute atomic E-state index is 13.1. The molecule has 1 heterocycles. The zero-order valence-corrected chi connectivity index (χ0v) is 16.9. The summed E-state index contributed by atoms with van der Waals surface area (Å²) in [7, 11) is 3.00. The second-order valence-electron chi connectivity index (χ2n) is 6.39. The maximum atomic E-state index is 13.1. The molecular weight excluding hydrogens is 376 g/mol. The van der Waals surface area contributed by atoms with Gasteiger partial charge in [-0.05, 0) is 38.0 Å². The Bertz CT molecular complexity index is 990. The van der Waals surface area contributed by atoms with Gasteiger partial charge < -0.3 is 19.3 Å². The minimum absolute atomic E-state index is 0.107. The lowest BCUT2D eigenvalue weighted by Crippen LogP contribution is -2.31. The van der Waals surface area contributed by atoms with Gasteiger partial charge in [0, 0.05) is 20.3 Å². The fraction of sp³-hybridized carbons (Fsp3) is 0.381. The third kappa shape index (κ3) is 4.58. The molecule has 0 bridgehead atoms. The molecule has 0 aliphatic heterocycles. The number of hydrogen-bond acceptors (Lipinski definition) is 7. The summed E-state index contributed by atoms with van der Waals surface area (Å²) in [5.74, 6) is -0.219. The Morgan fingerprint density at radius 1 is 1.28 bits per heavy atom. The van der Waals surface area contributed by atoms with E-state index in [1.807, 2.05) is 6.07 Å². The molecule has 1 aromatic carbocycles. The third-order valence-electron chi connectivity index (χ3n) is 4.52. The molecule has 8 nitrogen and oxygen atoms in total. The highest BCUT2D eigenvalue weighted by Crippen LogP contribution is 2.29. The van der Waals surface area contributed by atoms with Crippen molar-refractivity contribution in [2.45, 2.75) is 32.9 Å². The SMILES string of the molecule is COCCCn1c(O)c(C(=O)C(C)Oc2ccccc2OC)c(C)c(C#N)c1=O. The lowest BCUT2D eigenvalue weighted by atomic mass is 9.99. The quantitative estimate of drug-likeness (QED) is 0.508. The fourth-order valence-corrected chi connectivity index (χ4v) is 2.98. The van der Waals surface area contributed by atoms with E-state index in [-0.39, 0.29) is 23.2 Å². The van der Waals surface area contributed by atoms with E-state index in [0.29, 0.717) is 24.5 Å². The van der Waals surface area contributed by atoms with Gasteiger partial charge in [-0.3, -0.25) is 14.2 Å². The Kier molecular flexibility index (Phi) is 7.39. The Labute approximate surface area is 168 Å². The van der Waals surface area contributed by atoms with Crippen LogP contribution in [0.15, 0.2) is 29.1 Å². The lowest BCUT2D eigenvalue weighted by Gasteiger charge is -2.19. The molecule has 1 atom stereocenters. The Morgan fingerprint density at radius 3 is 2.52 bits per heavy atom. The van der Waals surface area contributed by atoms with Crippen LogP contribution in [0.3, 0.4) is 0 Å². The number of pyridine rings is 1. The summed E-state index contributed by atoms with van der Waals surface area (Å²) in [4.78, 5) is 25.6. The molecular formula is C21H24N2O6. The first kappa shape index (κ1) is 22.0. The van der Waals surface area contributed by atoms with E-state index in [0.717, 1.165) is 4.57 Å². The van der Waals surface area contributed by atoms with Gasteiger partial charge in [-0.1, -0.05) is 12.1 Å². The number of aromatic hydroxyl groups is 1. The molecule has 0 spiro atoms. The van der Waals surface area contributed by atoms with Crippen LogP contribution in [0, 0.1) is 18.3 Å². The molecule has 0 aliphatic rings. The van der Waals surface area contributed by atoms with Crippen molar-refractivity contribution in [2.75, 3.05) is 20.8 Å². The van der Waals surface area contributed by atoms with E-state index < -0.39 is 23.3 Å². The number of nitriles is 1. The zero-order chi connectivity index (χ0) is 21.6. The van der Waals surface area contributed by atoms with Crippen LogP contribution >= 0.6 is 0 Å². The topological polar surface area (TPSA) is 111 Å². The summed E-state index contributed by atoms with van der Waals surface area (Å²) in [6, 6.07) is 8.69. The molecule has 0 radical (unpaired) electrons. The van der Waals surface area contributed by atoms with Crippen LogP contribution in [0.4, 0.5) is 0 Å². The summed E-state index contributed by atoms with van der Waals surface area (Å²) >= 11 is 0. The number of ketones is 1. The van der Waals surface area contributed by atoms with Crippen LogP contribution < -0.4 is 15.0 Å². The summed E-state index contributed by atoms with van der Waals surface area (Å²) in [6.45, 7) is 3.45. The first-order valence-corrected chi connectivity index (χ1v) is 9.06. The normalized spacial score (nSPS) is 11.6. The molecule has 2 rings (SSSR count). The highest BCUT2D eigenvalue weighted by molar-refractivity contribution is 6.03. The fourth-order valence-electron chi connectivity index (χ4n) is 2.98. The van der Waals surface area contributed by atoms with Gasteiger partial charge in [-0.2, -0.15) is 5.26 Å². The van der Waals surface area contributed by atoms with Crippen molar-refractivity contribution >= 4 is 5.78 Å². The molecule has 0 aliphatic carbocycles. The maximum Gasteiger partial charge on any atom is 0.271 e. The second kappa shape index (κ2) is 9.75. The van der Waals surface area contributed by atoms with Gasteiger partial charge in [-0.25, -0.2) is 0 Å². The van der Waals surface area contributed by atoms with Crippen molar-refractivity contribution in [2.24, 2.45) is 0 Å². The average Bonchev–Trinajstić information content (AvgIpc) is 2.71. The molecule has 0 saturated carbocycles. The minimum atomic E-state index is -0.993. The summed E-state index contributed by atoms with van der Waals surface area (Å²) < 4.78 is 16.9. The van der Waals surface area contributed by atoms with Crippen molar-refractivity contribution < 1.29 is 24.1 Å². The molecule has 1 aromatic heterocycles. The molecule has 1 N–H and O–H groups in total. The van der Waals surface area contributed by atoms with Crippen LogP contribution in [0.5, 0.6) is 17.4 Å². The van der Waals surface area contributed by atoms with E-state index in [2.05, 4.69) is 0 Å². The van der Waals surface area contributed by atoms with Gasteiger partial charge in [-0.15, -0.1) is 0 Å². The molecule has 0 amide bonds. The average molecular weight is 400 g/mol. The smallest absolute Gasteiger partial charge is 0.271 e. The van der Waals surface area contributed by atoms with Crippen LogP contribution in [-0.2, 0) is 11.3 Å². The second-order valence-corrected chi connectivity index (χ2v) is 6.39. The van der Waals surface area contributed by atoms with E-state index in [4.69, 9.17) is 14.2 Å². The van der Waals surface area contributed by atoms with Gasteiger partial charge in [0.05, 0.1) is 12.7 Å². The van der Waals surface area contributed by atoms with E-state index in [1.165, 1.54) is 28.1 Å². The van der Waals surface area contributed by atoms with Crippen LogP contribution in [-0.4, -0.2) is 42.4 Å². The number of ether oxygens (including phenoxy) is 3. The van der Waals surface area contributed by atoms with Crippen molar-refractivity contribution in [3.63, 3.8) is 0 Å². The molecule has 2 aromatic rings. The Morgan fingerprint density at radius 2 is 1.93 bits per heavy atom. The lowest BCUT2D eigenvalue weighted by molar-refractivity contribution is 0.0808. The van der Waals surface area contributed by atoms with Crippen molar-refractivity contribution in [3.8, 4) is 23.4 Å². The van der Waals surface area contributed by atoms with Crippen LogP contribution in [0.2, 0.25) is 0 Å². The molecule has 8 heteroatoms. The number of para-hydroxylation sites is 2. The number of Topliss-reactive ketones (excluding diaryl/α,β-unsaturated/α-hetero) is 1. The molecule has 154 valence electrons. The number of carbonyl (C=O) groups is 1. The number of carbonyl (C=O) groups excluding carboxylic acids is 1. The largest absolute Gasteiger partial charge is 0.494 e. The van der Waals surface area contributed by atoms with E-state index >= 15 is 0 Å². The number of rotatable bonds is 9. The van der Waals surface area contributed by atoms with Crippen molar-refractivity contribution in [3.05, 3.63) is 51.3 Å². The highest BCUT2D eigenvalue weighted by Gasteiger charge is 2.28. The number of benzene rings is 1. The van der Waals surface area contributed by atoms with Crippen LogP contribution in [0.25, 0.3) is 0 Å². The molecule has 1 unspecified atom stereocenters. The Hall–Kier alpha value is -3.31. The van der Waals surface area contributed by atoms with Gasteiger partial charge in [0.15, 0.2) is 17.6 Å². The zero-order valence-electron chi connectivity index (χ0n) is 16.9. The third-order valence-corrected chi connectivity index (χ3v) is 4.52. The number of hydrogen-bond donors (Lipinski definition) is 1. The highest BCUT2D eigenvalue weighted by atomic mass is 16.5. The molecule has 29 heavy (non-hydrogen) atoms. The van der Waals surface area contributed by atoms with Gasteiger partial charge >= 0.3 is 0 Å². The molecule has 0 fully saturated rings. The first-order valence-electron chi connectivity index (χ1n) is 9.06. The van der Waals surface area contributed by atoms with Gasteiger partial charge in [0.25, 0.3) is 5.56 Å². The first-order chi connectivity index (χ1) is 13.9. The predicted octanol–water partition coefficient (Wildman–Crippen LogP) is 2.43. The standard InChI is InChI=1S/C21H24N2O6/c1-13-15(12-22)20(25)23(10-7-11-27-3)21(26)18(13)19(24)14(2)29-17-9-6-5-8-16(17)28-4/h5-6,8-9,14,26H,7,10-11H2,1-4H3. The van der Waals surface area contributed by atoms with Crippen molar-refractivity contribution in [1.82, 2.24) is 4.57 Å². The van der Waals surface area contributed by atoms with E-state index in [9.17, 15) is 20.0 Å². The Balaban J connectivity index is 2.46. The summed E-state index contributed by atoms with van der Waals surface area (Å²) in [5.41, 5.74) is -0.819. The predicted molar refractivity (Wildman–Crippen MR) is 106 cm³/mol. The number of aromatic nitrogens is 1. The van der Waals surface area contributed by atoms with Gasteiger partial charge in [0.1, 0.15) is 11.6 Å². The van der Waals surface area contributed by atoms with Crippen LogP contribution in [0.1, 0.15) is 34.8 Å².